The molecular weight excluding hydrogens is 336 g/mol. The van der Waals surface area contributed by atoms with Crippen molar-refractivity contribution in [3.63, 3.8) is 0 Å². The second-order valence-corrected chi connectivity index (χ2v) is 7.70. The molecule has 0 radical (unpaired) electrons. The molecule has 0 saturated carbocycles. The monoisotopic (exact) mass is 356 g/mol. The summed E-state index contributed by atoms with van der Waals surface area (Å²) >= 11 is 3.20. The van der Waals surface area contributed by atoms with Gasteiger partial charge in [-0.3, -0.25) is 4.79 Å². The molecule has 0 aliphatic carbocycles. The molecule has 0 aliphatic rings. The lowest BCUT2D eigenvalue weighted by Gasteiger charge is -2.19. The van der Waals surface area contributed by atoms with Gasteiger partial charge < -0.3 is 4.90 Å². The van der Waals surface area contributed by atoms with Crippen molar-refractivity contribution in [3.8, 4) is 0 Å². The topological polar surface area (TPSA) is 33.2 Å². The molecule has 3 aromatic rings. The van der Waals surface area contributed by atoms with E-state index in [2.05, 4.69) is 23.2 Å². The van der Waals surface area contributed by atoms with Gasteiger partial charge in [0.25, 0.3) is 5.91 Å². The fourth-order valence-electron chi connectivity index (χ4n) is 2.56. The van der Waals surface area contributed by atoms with Gasteiger partial charge in [-0.25, -0.2) is 4.98 Å². The average Bonchev–Trinajstić information content (AvgIpc) is 3.22. The summed E-state index contributed by atoms with van der Waals surface area (Å²) in [6.45, 7) is 5.31. The number of thiophene rings is 1. The maximum absolute atomic E-state index is 12.9. The SMILES string of the molecule is CCN(Cc1cccs1)C(=O)c1sc(Cc2ccccc2)nc1C. The zero-order valence-electron chi connectivity index (χ0n) is 13.9. The van der Waals surface area contributed by atoms with E-state index in [9.17, 15) is 4.79 Å². The quantitative estimate of drug-likeness (QED) is 0.637. The van der Waals surface area contributed by atoms with E-state index >= 15 is 0 Å². The number of carbonyl (C=O) groups is 1. The van der Waals surface area contributed by atoms with Crippen LogP contribution in [0.2, 0.25) is 0 Å². The minimum atomic E-state index is 0.0835. The predicted molar refractivity (Wildman–Crippen MR) is 101 cm³/mol. The van der Waals surface area contributed by atoms with E-state index in [0.717, 1.165) is 22.0 Å². The Morgan fingerprint density at radius 2 is 1.96 bits per heavy atom. The maximum atomic E-state index is 12.9. The molecule has 1 aromatic carbocycles. The van der Waals surface area contributed by atoms with E-state index < -0.39 is 0 Å². The van der Waals surface area contributed by atoms with Crippen LogP contribution in [0, 0.1) is 6.92 Å². The first-order chi connectivity index (χ1) is 11.7. The molecule has 24 heavy (non-hydrogen) atoms. The van der Waals surface area contributed by atoms with E-state index in [1.54, 1.807) is 11.3 Å². The Kier molecular flexibility index (Phi) is 5.43. The van der Waals surface area contributed by atoms with Gasteiger partial charge in [-0.1, -0.05) is 36.4 Å². The highest BCUT2D eigenvalue weighted by molar-refractivity contribution is 7.13. The van der Waals surface area contributed by atoms with Gasteiger partial charge in [0, 0.05) is 17.8 Å². The number of thiazole rings is 1. The second-order valence-electron chi connectivity index (χ2n) is 5.58. The molecule has 124 valence electrons. The van der Waals surface area contributed by atoms with Crippen LogP contribution in [0.5, 0.6) is 0 Å². The molecule has 3 nitrogen and oxygen atoms in total. The predicted octanol–water partition coefficient (Wildman–Crippen LogP) is 4.77. The summed E-state index contributed by atoms with van der Waals surface area (Å²) in [5.74, 6) is 0.0835. The lowest BCUT2D eigenvalue weighted by molar-refractivity contribution is 0.0758. The molecule has 3 rings (SSSR count). The van der Waals surface area contributed by atoms with E-state index in [0.29, 0.717) is 13.1 Å². The number of hydrogen-bond acceptors (Lipinski definition) is 4. The van der Waals surface area contributed by atoms with E-state index in [4.69, 9.17) is 0 Å². The Bertz CT molecular complexity index is 794. The van der Waals surface area contributed by atoms with Crippen LogP contribution in [0.1, 0.15) is 37.7 Å². The smallest absolute Gasteiger partial charge is 0.266 e. The first-order valence-electron chi connectivity index (χ1n) is 7.99. The zero-order valence-corrected chi connectivity index (χ0v) is 15.5. The van der Waals surface area contributed by atoms with Gasteiger partial charge in [-0.2, -0.15) is 0 Å². The number of carbonyl (C=O) groups excluding carboxylic acids is 1. The zero-order chi connectivity index (χ0) is 16.9. The lowest BCUT2D eigenvalue weighted by Crippen LogP contribution is -2.29. The first-order valence-corrected chi connectivity index (χ1v) is 9.69. The van der Waals surface area contributed by atoms with Crippen LogP contribution in [0.3, 0.4) is 0 Å². The second kappa shape index (κ2) is 7.73. The third-order valence-corrected chi connectivity index (χ3v) is 5.84. The molecule has 5 heteroatoms. The number of aryl methyl sites for hydroxylation is 1. The van der Waals surface area contributed by atoms with Crippen molar-refractivity contribution in [2.24, 2.45) is 0 Å². The van der Waals surface area contributed by atoms with Crippen molar-refractivity contribution in [2.75, 3.05) is 6.54 Å². The van der Waals surface area contributed by atoms with Gasteiger partial charge >= 0.3 is 0 Å². The fraction of sp³-hybridized carbons (Fsp3) is 0.263. The Morgan fingerprint density at radius 1 is 1.17 bits per heavy atom. The van der Waals surface area contributed by atoms with Gasteiger partial charge in [0.05, 0.1) is 17.2 Å². The van der Waals surface area contributed by atoms with E-state index in [1.807, 2.05) is 48.4 Å². The lowest BCUT2D eigenvalue weighted by atomic mass is 10.2. The van der Waals surface area contributed by atoms with Crippen LogP contribution in [-0.2, 0) is 13.0 Å². The number of aromatic nitrogens is 1. The average molecular weight is 357 g/mol. The molecule has 0 N–H and O–H groups in total. The summed E-state index contributed by atoms with van der Waals surface area (Å²) in [7, 11) is 0. The molecule has 2 heterocycles. The highest BCUT2D eigenvalue weighted by Crippen LogP contribution is 2.23. The maximum Gasteiger partial charge on any atom is 0.266 e. The number of nitrogens with zero attached hydrogens (tertiary/aromatic N) is 2. The highest BCUT2D eigenvalue weighted by Gasteiger charge is 2.21. The summed E-state index contributed by atoms with van der Waals surface area (Å²) in [4.78, 5) is 21.4. The van der Waals surface area contributed by atoms with Gasteiger partial charge in [0.1, 0.15) is 4.88 Å². The summed E-state index contributed by atoms with van der Waals surface area (Å²) in [6.07, 6.45) is 0.774. The minimum absolute atomic E-state index is 0.0835. The number of benzene rings is 1. The van der Waals surface area contributed by atoms with Crippen molar-refractivity contribution >= 4 is 28.6 Å². The molecule has 0 bridgehead atoms. The van der Waals surface area contributed by atoms with Gasteiger partial charge in [-0.15, -0.1) is 22.7 Å². The Hall–Kier alpha value is -1.98. The van der Waals surface area contributed by atoms with Crippen molar-refractivity contribution < 1.29 is 4.79 Å². The van der Waals surface area contributed by atoms with Gasteiger partial charge in [0.2, 0.25) is 0 Å². The van der Waals surface area contributed by atoms with Gasteiger partial charge in [-0.05, 0) is 30.9 Å². The van der Waals surface area contributed by atoms with Crippen LogP contribution in [0.15, 0.2) is 47.8 Å². The van der Waals surface area contributed by atoms with Crippen molar-refractivity contribution in [3.05, 3.63) is 73.9 Å². The Labute approximate surface area is 150 Å². The largest absolute Gasteiger partial charge is 0.333 e. The van der Waals surface area contributed by atoms with Crippen LogP contribution in [0.4, 0.5) is 0 Å². The van der Waals surface area contributed by atoms with E-state index in [1.165, 1.54) is 21.8 Å². The Morgan fingerprint density at radius 3 is 2.62 bits per heavy atom. The molecule has 0 fully saturated rings. The highest BCUT2D eigenvalue weighted by atomic mass is 32.1. The standard InChI is InChI=1S/C19H20N2OS2/c1-3-21(13-16-10-7-11-23-16)19(22)18-14(2)20-17(24-18)12-15-8-5-4-6-9-15/h4-11H,3,12-13H2,1-2H3. The van der Waals surface area contributed by atoms with Crippen molar-refractivity contribution in [1.29, 1.82) is 0 Å². The number of rotatable bonds is 6. The number of amides is 1. The molecule has 0 saturated heterocycles. The Balaban J connectivity index is 1.76. The normalized spacial score (nSPS) is 10.8. The minimum Gasteiger partial charge on any atom is -0.333 e. The van der Waals surface area contributed by atoms with Crippen molar-refractivity contribution in [2.45, 2.75) is 26.8 Å². The first kappa shape index (κ1) is 16.9. The third-order valence-electron chi connectivity index (χ3n) is 3.83. The van der Waals surface area contributed by atoms with Crippen LogP contribution in [-0.4, -0.2) is 22.3 Å². The van der Waals surface area contributed by atoms with Gasteiger partial charge in [0.15, 0.2) is 0 Å². The van der Waals surface area contributed by atoms with E-state index in [-0.39, 0.29) is 5.91 Å². The molecule has 0 spiro atoms. The molecule has 0 atom stereocenters. The van der Waals surface area contributed by atoms with Crippen LogP contribution >= 0.6 is 22.7 Å². The number of hydrogen-bond donors (Lipinski definition) is 0. The van der Waals surface area contributed by atoms with Crippen LogP contribution in [0.25, 0.3) is 0 Å². The molecule has 0 unspecified atom stereocenters. The summed E-state index contributed by atoms with van der Waals surface area (Å²) in [5, 5.41) is 3.04. The molecule has 0 aliphatic heterocycles. The summed E-state index contributed by atoms with van der Waals surface area (Å²) in [5.41, 5.74) is 2.05. The van der Waals surface area contributed by atoms with Crippen molar-refractivity contribution in [1.82, 2.24) is 9.88 Å². The molecule has 2 aromatic heterocycles. The fourth-order valence-corrected chi connectivity index (χ4v) is 4.34. The summed E-state index contributed by atoms with van der Waals surface area (Å²) < 4.78 is 0. The molecular formula is C19H20N2OS2. The third kappa shape index (κ3) is 3.91. The van der Waals surface area contributed by atoms with Crippen LogP contribution < -0.4 is 0 Å². The molecule has 1 amide bonds. The summed E-state index contributed by atoms with van der Waals surface area (Å²) in [6, 6.07) is 14.3.